The summed E-state index contributed by atoms with van der Waals surface area (Å²) in [6.07, 6.45) is 3.24. The van der Waals surface area contributed by atoms with Crippen LogP contribution in [0.5, 0.6) is 0 Å². The Bertz CT molecular complexity index is 192. The van der Waals surface area contributed by atoms with Crippen molar-refractivity contribution in [3.63, 3.8) is 0 Å². The highest BCUT2D eigenvalue weighted by atomic mass is 35.5. The number of allylic oxidation sites excluding steroid dienone is 3. The molecule has 0 fully saturated rings. The van der Waals surface area contributed by atoms with E-state index >= 15 is 0 Å². The van der Waals surface area contributed by atoms with E-state index < -0.39 is 5.24 Å². The molecule has 0 aliphatic heterocycles. The van der Waals surface area contributed by atoms with Gasteiger partial charge in [-0.1, -0.05) is 11.1 Å². The lowest BCUT2D eigenvalue weighted by molar-refractivity contribution is -0.107. The number of rotatable bonds is 4. The molecule has 0 aromatic rings. The van der Waals surface area contributed by atoms with Crippen LogP contribution in [0.1, 0.15) is 26.7 Å². The zero-order chi connectivity index (χ0) is 8.85. The maximum atomic E-state index is 10.4. The summed E-state index contributed by atoms with van der Waals surface area (Å²) in [7, 11) is 0. The van der Waals surface area contributed by atoms with Crippen molar-refractivity contribution in [3.05, 3.63) is 23.8 Å². The highest BCUT2D eigenvalue weighted by Crippen LogP contribution is 2.09. The second-order valence-electron chi connectivity index (χ2n) is 2.75. The summed E-state index contributed by atoms with van der Waals surface area (Å²) in [5.74, 6) is 0. The van der Waals surface area contributed by atoms with E-state index in [-0.39, 0.29) is 0 Å². The normalized spacial score (nSPS) is 11.4. The minimum absolute atomic E-state index is 0.399. The second-order valence-corrected chi connectivity index (χ2v) is 3.12. The van der Waals surface area contributed by atoms with Crippen molar-refractivity contribution in [2.75, 3.05) is 0 Å². The molecule has 0 spiro atoms. The lowest BCUT2D eigenvalue weighted by atomic mass is 10.1. The van der Waals surface area contributed by atoms with Gasteiger partial charge in [-0.2, -0.15) is 0 Å². The number of hydrogen-bond acceptors (Lipinski definition) is 1. The van der Waals surface area contributed by atoms with Crippen LogP contribution in [-0.4, -0.2) is 5.24 Å². The molecule has 0 aromatic heterocycles. The van der Waals surface area contributed by atoms with Gasteiger partial charge in [-0.15, -0.1) is 6.58 Å². The zero-order valence-electron chi connectivity index (χ0n) is 6.98. The van der Waals surface area contributed by atoms with Crippen LogP contribution < -0.4 is 0 Å². The summed E-state index contributed by atoms with van der Waals surface area (Å²) < 4.78 is 0. The van der Waals surface area contributed by atoms with Gasteiger partial charge in [0.05, 0.1) is 0 Å². The minimum atomic E-state index is -0.399. The first-order chi connectivity index (χ1) is 5.02. The predicted octanol–water partition coefficient (Wildman–Crippen LogP) is 3.05. The fourth-order valence-corrected chi connectivity index (χ4v) is 0.863. The van der Waals surface area contributed by atoms with Gasteiger partial charge in [0.2, 0.25) is 5.24 Å². The molecule has 1 nitrogen and oxygen atoms in total. The van der Waals surface area contributed by atoms with E-state index in [2.05, 4.69) is 6.58 Å². The summed E-state index contributed by atoms with van der Waals surface area (Å²) in [5, 5.41) is -0.399. The van der Waals surface area contributed by atoms with Crippen LogP contribution in [0.15, 0.2) is 23.8 Å². The summed E-state index contributed by atoms with van der Waals surface area (Å²) in [6, 6.07) is 0. The van der Waals surface area contributed by atoms with Crippen molar-refractivity contribution in [2.24, 2.45) is 0 Å². The van der Waals surface area contributed by atoms with Crippen LogP contribution in [0.3, 0.4) is 0 Å². The SMILES string of the molecule is C=C(C)CC/C(C)=C/C(=O)Cl. The molecule has 2 heteroatoms. The van der Waals surface area contributed by atoms with Crippen LogP contribution in [-0.2, 0) is 4.79 Å². The van der Waals surface area contributed by atoms with Gasteiger partial charge in [-0.25, -0.2) is 0 Å². The van der Waals surface area contributed by atoms with Gasteiger partial charge in [0, 0.05) is 0 Å². The zero-order valence-corrected chi connectivity index (χ0v) is 7.74. The van der Waals surface area contributed by atoms with E-state index in [0.29, 0.717) is 0 Å². The fraction of sp³-hybridized carbons (Fsp3) is 0.444. The molecule has 0 saturated carbocycles. The van der Waals surface area contributed by atoms with E-state index in [1.54, 1.807) is 0 Å². The summed E-state index contributed by atoms with van der Waals surface area (Å²) in [5.41, 5.74) is 2.13. The van der Waals surface area contributed by atoms with Gasteiger partial charge in [-0.05, 0) is 44.4 Å². The van der Waals surface area contributed by atoms with Gasteiger partial charge in [0.25, 0.3) is 0 Å². The van der Waals surface area contributed by atoms with Crippen molar-refractivity contribution in [1.29, 1.82) is 0 Å². The maximum absolute atomic E-state index is 10.4. The van der Waals surface area contributed by atoms with E-state index in [1.165, 1.54) is 6.08 Å². The molecule has 0 saturated heterocycles. The molecule has 0 aliphatic rings. The summed E-state index contributed by atoms with van der Waals surface area (Å²) >= 11 is 5.15. The third kappa shape index (κ3) is 7.34. The van der Waals surface area contributed by atoms with Gasteiger partial charge in [0.1, 0.15) is 0 Å². The standard InChI is InChI=1S/C9H13ClO/c1-7(2)4-5-8(3)6-9(10)11/h6H,1,4-5H2,2-3H3/b8-6+. The van der Waals surface area contributed by atoms with Crippen molar-refractivity contribution in [1.82, 2.24) is 0 Å². The smallest absolute Gasteiger partial charge is 0.245 e. The number of halogens is 1. The van der Waals surface area contributed by atoms with Gasteiger partial charge >= 0.3 is 0 Å². The highest BCUT2D eigenvalue weighted by molar-refractivity contribution is 6.66. The maximum Gasteiger partial charge on any atom is 0.245 e. The van der Waals surface area contributed by atoms with E-state index in [4.69, 9.17) is 11.6 Å². The Morgan fingerprint density at radius 3 is 2.36 bits per heavy atom. The van der Waals surface area contributed by atoms with Crippen LogP contribution >= 0.6 is 11.6 Å². The lowest BCUT2D eigenvalue weighted by Crippen LogP contribution is -1.84. The molecule has 0 N–H and O–H groups in total. The first kappa shape index (κ1) is 10.4. The fourth-order valence-electron chi connectivity index (χ4n) is 0.676. The van der Waals surface area contributed by atoms with E-state index in [9.17, 15) is 4.79 Å². The molecule has 0 heterocycles. The van der Waals surface area contributed by atoms with Crippen LogP contribution in [0.4, 0.5) is 0 Å². The van der Waals surface area contributed by atoms with Crippen LogP contribution in [0.2, 0.25) is 0 Å². The minimum Gasteiger partial charge on any atom is -0.276 e. The molecule has 0 aromatic carbocycles. The molecule has 0 radical (unpaired) electrons. The summed E-state index contributed by atoms with van der Waals surface area (Å²) in [6.45, 7) is 7.62. The molecule has 11 heavy (non-hydrogen) atoms. The van der Waals surface area contributed by atoms with Gasteiger partial charge in [-0.3, -0.25) is 4.79 Å². The Kier molecular flexibility index (Phi) is 4.88. The molecular weight excluding hydrogens is 160 g/mol. The number of carbonyl (C=O) groups excluding carboxylic acids is 1. The Morgan fingerprint density at radius 2 is 2.00 bits per heavy atom. The number of carbonyl (C=O) groups is 1. The first-order valence-corrected chi connectivity index (χ1v) is 3.91. The largest absolute Gasteiger partial charge is 0.276 e. The molecule has 0 rings (SSSR count). The Balaban J connectivity index is 3.77. The van der Waals surface area contributed by atoms with Crippen LogP contribution in [0.25, 0.3) is 0 Å². The average molecular weight is 173 g/mol. The molecule has 62 valence electrons. The predicted molar refractivity (Wildman–Crippen MR) is 48.7 cm³/mol. The Labute approximate surface area is 72.7 Å². The molecule has 0 bridgehead atoms. The van der Waals surface area contributed by atoms with Crippen molar-refractivity contribution in [3.8, 4) is 0 Å². The third-order valence-electron chi connectivity index (χ3n) is 1.31. The Morgan fingerprint density at radius 1 is 1.45 bits per heavy atom. The average Bonchev–Trinajstić information content (AvgIpc) is 1.82. The summed E-state index contributed by atoms with van der Waals surface area (Å²) in [4.78, 5) is 10.4. The monoisotopic (exact) mass is 172 g/mol. The van der Waals surface area contributed by atoms with Crippen molar-refractivity contribution >= 4 is 16.8 Å². The number of hydrogen-bond donors (Lipinski definition) is 0. The van der Waals surface area contributed by atoms with Crippen molar-refractivity contribution in [2.45, 2.75) is 26.7 Å². The quantitative estimate of drug-likeness (QED) is 0.362. The molecule has 0 unspecified atom stereocenters. The third-order valence-corrected chi connectivity index (χ3v) is 1.42. The second kappa shape index (κ2) is 5.14. The molecule has 0 amide bonds. The molecule has 0 aliphatic carbocycles. The topological polar surface area (TPSA) is 17.1 Å². The van der Waals surface area contributed by atoms with Crippen LogP contribution in [0, 0.1) is 0 Å². The first-order valence-electron chi connectivity index (χ1n) is 3.53. The van der Waals surface area contributed by atoms with E-state index in [1.807, 2.05) is 13.8 Å². The lowest BCUT2D eigenvalue weighted by Gasteiger charge is -1.98. The Hall–Kier alpha value is -0.560. The van der Waals surface area contributed by atoms with Crippen molar-refractivity contribution < 1.29 is 4.79 Å². The van der Waals surface area contributed by atoms with E-state index in [0.717, 1.165) is 24.0 Å². The van der Waals surface area contributed by atoms with Gasteiger partial charge < -0.3 is 0 Å². The molecular formula is C9H13ClO. The van der Waals surface area contributed by atoms with Gasteiger partial charge in [0.15, 0.2) is 0 Å². The highest BCUT2D eigenvalue weighted by Gasteiger charge is 1.93. The molecule has 0 atom stereocenters.